The molecule has 2 atom stereocenters. The number of hydrogen-bond donors (Lipinski definition) is 0. The Morgan fingerprint density at radius 1 is 0.818 bits per heavy atom. The van der Waals surface area contributed by atoms with Crippen LogP contribution in [0, 0.1) is 10.8 Å². The molecule has 0 aromatic carbocycles. The SMILES string of the molecule is CCC(C)(CC)OC(=O)CC1(CC(=O)OC(C)OCCOC(C)C(C)(C)CC)CCCCC1. The van der Waals surface area contributed by atoms with Crippen molar-refractivity contribution in [2.24, 2.45) is 10.8 Å². The normalized spacial score (nSPS) is 18.4. The Bertz CT molecular complexity index is 589. The summed E-state index contributed by atoms with van der Waals surface area (Å²) in [5.74, 6) is -0.520. The van der Waals surface area contributed by atoms with Crippen molar-refractivity contribution in [3.63, 3.8) is 0 Å². The van der Waals surface area contributed by atoms with E-state index in [4.69, 9.17) is 18.9 Å². The van der Waals surface area contributed by atoms with Gasteiger partial charge in [0, 0.05) is 0 Å². The van der Waals surface area contributed by atoms with Crippen LogP contribution in [0.15, 0.2) is 0 Å². The van der Waals surface area contributed by atoms with Crippen LogP contribution >= 0.6 is 0 Å². The molecule has 6 heteroatoms. The molecule has 33 heavy (non-hydrogen) atoms. The number of rotatable bonds is 15. The Balaban J connectivity index is 2.54. The first kappa shape index (κ1) is 29.9. The topological polar surface area (TPSA) is 71.1 Å². The van der Waals surface area contributed by atoms with Gasteiger partial charge >= 0.3 is 11.9 Å². The summed E-state index contributed by atoms with van der Waals surface area (Å²) in [5.41, 5.74) is -0.709. The van der Waals surface area contributed by atoms with Gasteiger partial charge in [-0.05, 0) is 63.7 Å². The minimum Gasteiger partial charge on any atom is -0.459 e. The largest absolute Gasteiger partial charge is 0.459 e. The summed E-state index contributed by atoms with van der Waals surface area (Å²) in [4.78, 5) is 25.5. The Kier molecular flexibility index (Phi) is 12.4. The lowest BCUT2D eigenvalue weighted by molar-refractivity contribution is -0.182. The van der Waals surface area contributed by atoms with Gasteiger partial charge in [0.05, 0.1) is 32.2 Å². The Morgan fingerprint density at radius 3 is 1.91 bits per heavy atom. The van der Waals surface area contributed by atoms with Crippen LogP contribution < -0.4 is 0 Å². The van der Waals surface area contributed by atoms with Crippen molar-refractivity contribution >= 4 is 11.9 Å². The second-order valence-electron chi connectivity index (χ2n) is 10.8. The zero-order valence-electron chi connectivity index (χ0n) is 22.6. The van der Waals surface area contributed by atoms with Gasteiger partial charge in [0.25, 0.3) is 0 Å². The molecule has 1 fully saturated rings. The van der Waals surface area contributed by atoms with Gasteiger partial charge in [-0.1, -0.05) is 53.9 Å². The summed E-state index contributed by atoms with van der Waals surface area (Å²) in [6, 6.07) is 0. The lowest BCUT2D eigenvalue weighted by atomic mass is 9.69. The van der Waals surface area contributed by atoms with Crippen molar-refractivity contribution in [1.29, 1.82) is 0 Å². The van der Waals surface area contributed by atoms with Crippen LogP contribution in [0.25, 0.3) is 0 Å². The molecule has 0 saturated heterocycles. The third kappa shape index (κ3) is 10.3. The van der Waals surface area contributed by atoms with Gasteiger partial charge in [-0.25, -0.2) is 0 Å². The van der Waals surface area contributed by atoms with Crippen molar-refractivity contribution in [3.8, 4) is 0 Å². The van der Waals surface area contributed by atoms with Gasteiger partial charge in [0.2, 0.25) is 0 Å². The standard InChI is InChI=1S/C27H50O6/c1-9-25(6,7)21(4)30-17-18-31-22(5)32-23(28)19-27(15-13-12-14-16-27)20-24(29)33-26(8,10-2)11-3/h21-22H,9-20H2,1-8H3. The highest BCUT2D eigenvalue weighted by Gasteiger charge is 2.39. The van der Waals surface area contributed by atoms with E-state index in [0.717, 1.165) is 51.4 Å². The molecule has 0 aromatic heterocycles. The monoisotopic (exact) mass is 470 g/mol. The summed E-state index contributed by atoms with van der Waals surface area (Å²) >= 11 is 0. The molecule has 0 aromatic rings. The maximum atomic E-state index is 12.8. The minimum absolute atomic E-state index is 0.110. The van der Waals surface area contributed by atoms with Crippen molar-refractivity contribution in [2.45, 2.75) is 138 Å². The fraction of sp³-hybridized carbons (Fsp3) is 0.926. The molecule has 1 saturated carbocycles. The highest BCUT2D eigenvalue weighted by Crippen LogP contribution is 2.43. The van der Waals surface area contributed by atoms with Gasteiger partial charge in [0.15, 0.2) is 6.29 Å². The zero-order chi connectivity index (χ0) is 25.1. The van der Waals surface area contributed by atoms with E-state index in [-0.39, 0.29) is 41.7 Å². The maximum Gasteiger partial charge on any atom is 0.308 e. The molecule has 1 aliphatic rings. The summed E-state index contributed by atoms with van der Waals surface area (Å²) in [6.07, 6.45) is 7.44. The lowest BCUT2D eigenvalue weighted by Gasteiger charge is -2.37. The molecule has 6 nitrogen and oxygen atoms in total. The third-order valence-corrected chi connectivity index (χ3v) is 7.92. The van der Waals surface area contributed by atoms with Crippen LogP contribution in [0.1, 0.15) is 120 Å². The third-order valence-electron chi connectivity index (χ3n) is 7.92. The lowest BCUT2D eigenvalue weighted by Crippen LogP contribution is -2.36. The van der Waals surface area contributed by atoms with Crippen molar-refractivity contribution in [3.05, 3.63) is 0 Å². The number of carbonyl (C=O) groups is 2. The fourth-order valence-electron chi connectivity index (χ4n) is 4.25. The summed E-state index contributed by atoms with van der Waals surface area (Å²) in [7, 11) is 0. The molecule has 1 aliphatic carbocycles. The van der Waals surface area contributed by atoms with E-state index in [1.807, 2.05) is 20.8 Å². The predicted molar refractivity (Wildman–Crippen MR) is 131 cm³/mol. The first-order valence-corrected chi connectivity index (χ1v) is 13.1. The number of carbonyl (C=O) groups excluding carboxylic acids is 2. The van der Waals surface area contributed by atoms with E-state index in [1.165, 1.54) is 0 Å². The Hall–Kier alpha value is -1.14. The van der Waals surface area contributed by atoms with Crippen LogP contribution in [-0.2, 0) is 28.5 Å². The van der Waals surface area contributed by atoms with Crippen LogP contribution in [0.4, 0.5) is 0 Å². The summed E-state index contributed by atoms with van der Waals surface area (Å²) < 4.78 is 22.9. The summed E-state index contributed by atoms with van der Waals surface area (Å²) in [5, 5.41) is 0. The predicted octanol–water partition coefficient (Wildman–Crippen LogP) is 6.59. The molecular weight excluding hydrogens is 420 g/mol. The first-order valence-electron chi connectivity index (χ1n) is 13.1. The molecule has 0 aliphatic heterocycles. The number of hydrogen-bond acceptors (Lipinski definition) is 6. The van der Waals surface area contributed by atoms with Gasteiger partial charge in [0.1, 0.15) is 5.60 Å². The zero-order valence-corrected chi connectivity index (χ0v) is 22.6. The number of esters is 2. The molecule has 2 unspecified atom stereocenters. The molecule has 0 amide bonds. The highest BCUT2D eigenvalue weighted by molar-refractivity contribution is 5.74. The fourth-order valence-corrected chi connectivity index (χ4v) is 4.25. The van der Waals surface area contributed by atoms with E-state index in [2.05, 4.69) is 27.7 Å². The van der Waals surface area contributed by atoms with Gasteiger partial charge in [-0.15, -0.1) is 0 Å². The quantitative estimate of drug-likeness (QED) is 0.153. The van der Waals surface area contributed by atoms with Gasteiger partial charge in [-0.2, -0.15) is 0 Å². The van der Waals surface area contributed by atoms with Crippen molar-refractivity contribution in [1.82, 2.24) is 0 Å². The van der Waals surface area contributed by atoms with Gasteiger partial charge in [-0.3, -0.25) is 9.59 Å². The molecular formula is C27H50O6. The van der Waals surface area contributed by atoms with Crippen LogP contribution in [-0.4, -0.2) is 43.1 Å². The Labute approximate surface area is 202 Å². The minimum atomic E-state index is -0.647. The molecule has 1 rings (SSSR count). The second kappa shape index (κ2) is 13.7. The second-order valence-corrected chi connectivity index (χ2v) is 10.8. The number of ether oxygens (including phenoxy) is 4. The molecule has 0 N–H and O–H groups in total. The van der Waals surface area contributed by atoms with Crippen LogP contribution in [0.2, 0.25) is 0 Å². The average Bonchev–Trinajstić information content (AvgIpc) is 2.76. The van der Waals surface area contributed by atoms with Crippen molar-refractivity contribution < 1.29 is 28.5 Å². The highest BCUT2D eigenvalue weighted by atomic mass is 16.7. The molecule has 0 spiro atoms. The van der Waals surface area contributed by atoms with Crippen LogP contribution in [0.3, 0.4) is 0 Å². The van der Waals surface area contributed by atoms with E-state index in [0.29, 0.717) is 13.2 Å². The van der Waals surface area contributed by atoms with E-state index in [1.54, 1.807) is 6.92 Å². The molecule has 0 radical (unpaired) electrons. The van der Waals surface area contributed by atoms with Crippen LogP contribution in [0.5, 0.6) is 0 Å². The van der Waals surface area contributed by atoms with Crippen molar-refractivity contribution in [2.75, 3.05) is 13.2 Å². The summed E-state index contributed by atoms with van der Waals surface area (Å²) in [6.45, 7) is 17.2. The van der Waals surface area contributed by atoms with E-state index >= 15 is 0 Å². The van der Waals surface area contributed by atoms with E-state index in [9.17, 15) is 9.59 Å². The smallest absolute Gasteiger partial charge is 0.308 e. The van der Waals surface area contributed by atoms with Gasteiger partial charge < -0.3 is 18.9 Å². The Morgan fingerprint density at radius 2 is 1.36 bits per heavy atom. The molecule has 0 heterocycles. The molecule has 0 bridgehead atoms. The average molecular weight is 471 g/mol. The van der Waals surface area contributed by atoms with E-state index < -0.39 is 11.9 Å². The molecule has 194 valence electrons. The first-order chi connectivity index (χ1) is 15.4. The maximum absolute atomic E-state index is 12.8.